The Morgan fingerprint density at radius 2 is 0.862 bits per heavy atom. The summed E-state index contributed by atoms with van der Waals surface area (Å²) in [5.74, 6) is 0. The van der Waals surface area contributed by atoms with Gasteiger partial charge in [-0.15, -0.1) is 0 Å². The minimum Gasteiger partial charge on any atom is -0.455 e. The van der Waals surface area contributed by atoms with Crippen molar-refractivity contribution in [2.75, 3.05) is 0 Å². The lowest BCUT2D eigenvalue weighted by Gasteiger charge is -2.22. The molecule has 0 spiro atoms. The molecule has 0 fully saturated rings. The second kappa shape index (κ2) is 12.4. The van der Waals surface area contributed by atoms with Gasteiger partial charge in [0.25, 0.3) is 0 Å². The lowest BCUT2D eigenvalue weighted by atomic mass is 9.81. The molecule has 0 aliphatic heterocycles. The van der Waals surface area contributed by atoms with E-state index in [1.807, 2.05) is 6.07 Å². The maximum atomic E-state index is 6.61. The summed E-state index contributed by atoms with van der Waals surface area (Å²) in [5, 5.41) is 9.79. The van der Waals surface area contributed by atoms with E-state index in [1.165, 1.54) is 88.0 Å². The molecular formula is C57H38O. The lowest BCUT2D eigenvalue weighted by Crippen LogP contribution is -2.14. The summed E-state index contributed by atoms with van der Waals surface area (Å²) >= 11 is 0. The third-order valence-corrected chi connectivity index (χ3v) is 12.9. The van der Waals surface area contributed by atoms with E-state index in [-0.39, 0.29) is 5.41 Å². The molecule has 0 saturated carbocycles. The van der Waals surface area contributed by atoms with E-state index in [0.29, 0.717) is 0 Å². The molecule has 1 aliphatic carbocycles. The number of furan rings is 1. The van der Waals surface area contributed by atoms with Gasteiger partial charge in [0, 0.05) is 21.8 Å². The molecule has 272 valence electrons. The summed E-state index contributed by atoms with van der Waals surface area (Å²) in [6.45, 7) is 4.75. The van der Waals surface area contributed by atoms with Crippen molar-refractivity contribution in [3.05, 3.63) is 205 Å². The van der Waals surface area contributed by atoms with Crippen molar-refractivity contribution in [3.8, 4) is 55.6 Å². The number of hydrogen-bond acceptors (Lipinski definition) is 1. The maximum absolute atomic E-state index is 6.61. The largest absolute Gasteiger partial charge is 0.455 e. The van der Waals surface area contributed by atoms with Gasteiger partial charge in [0.2, 0.25) is 0 Å². The third kappa shape index (κ3) is 4.71. The van der Waals surface area contributed by atoms with E-state index in [0.717, 1.165) is 33.1 Å². The van der Waals surface area contributed by atoms with Crippen molar-refractivity contribution in [3.63, 3.8) is 0 Å². The molecule has 12 rings (SSSR count). The molecule has 58 heavy (non-hydrogen) atoms. The van der Waals surface area contributed by atoms with Crippen LogP contribution in [-0.4, -0.2) is 0 Å². The maximum Gasteiger partial charge on any atom is 0.143 e. The molecule has 0 radical (unpaired) electrons. The van der Waals surface area contributed by atoms with Crippen LogP contribution in [0.5, 0.6) is 0 Å². The number of hydrogen-bond donors (Lipinski definition) is 0. The summed E-state index contributed by atoms with van der Waals surface area (Å²) in [6, 6.07) is 71.4. The van der Waals surface area contributed by atoms with Crippen LogP contribution in [0.4, 0.5) is 0 Å². The van der Waals surface area contributed by atoms with Crippen LogP contribution in [0.15, 0.2) is 199 Å². The molecule has 11 aromatic rings. The Morgan fingerprint density at radius 1 is 0.328 bits per heavy atom. The molecule has 0 amide bonds. The second-order valence-electron chi connectivity index (χ2n) is 16.3. The predicted molar refractivity (Wildman–Crippen MR) is 246 cm³/mol. The van der Waals surface area contributed by atoms with Gasteiger partial charge in [0.1, 0.15) is 11.2 Å². The Kier molecular flexibility index (Phi) is 7.04. The van der Waals surface area contributed by atoms with Gasteiger partial charge >= 0.3 is 0 Å². The van der Waals surface area contributed by atoms with Crippen molar-refractivity contribution in [2.45, 2.75) is 19.3 Å². The quantitative estimate of drug-likeness (QED) is 0.164. The van der Waals surface area contributed by atoms with Crippen LogP contribution in [0.3, 0.4) is 0 Å². The Balaban J connectivity index is 1.08. The number of benzene rings is 10. The fourth-order valence-corrected chi connectivity index (χ4v) is 10.2. The number of fused-ring (bicyclic) bond motifs is 9. The van der Waals surface area contributed by atoms with Gasteiger partial charge in [-0.25, -0.2) is 0 Å². The van der Waals surface area contributed by atoms with E-state index >= 15 is 0 Å². The smallest absolute Gasteiger partial charge is 0.143 e. The van der Waals surface area contributed by atoms with Crippen molar-refractivity contribution >= 4 is 54.3 Å². The highest BCUT2D eigenvalue weighted by Crippen LogP contribution is 2.54. The van der Waals surface area contributed by atoms with Crippen molar-refractivity contribution in [1.82, 2.24) is 0 Å². The van der Waals surface area contributed by atoms with Gasteiger partial charge in [-0.3, -0.25) is 0 Å². The summed E-state index contributed by atoms with van der Waals surface area (Å²) in [6.07, 6.45) is 0. The minimum atomic E-state index is -0.100. The normalized spacial score (nSPS) is 13.1. The zero-order chi connectivity index (χ0) is 38.5. The highest BCUT2D eigenvalue weighted by atomic mass is 16.3. The van der Waals surface area contributed by atoms with Crippen molar-refractivity contribution in [2.24, 2.45) is 0 Å². The monoisotopic (exact) mass is 738 g/mol. The van der Waals surface area contributed by atoms with E-state index < -0.39 is 0 Å². The van der Waals surface area contributed by atoms with Crippen LogP contribution in [0.2, 0.25) is 0 Å². The van der Waals surface area contributed by atoms with E-state index in [4.69, 9.17) is 4.42 Å². The summed E-state index contributed by atoms with van der Waals surface area (Å²) in [5.41, 5.74) is 16.9. The first-order chi connectivity index (χ1) is 28.5. The fourth-order valence-electron chi connectivity index (χ4n) is 10.2. The Bertz CT molecular complexity index is 3430. The van der Waals surface area contributed by atoms with Crippen LogP contribution in [0.25, 0.3) is 110 Å². The van der Waals surface area contributed by atoms with Gasteiger partial charge in [-0.1, -0.05) is 184 Å². The summed E-state index contributed by atoms with van der Waals surface area (Å²) in [4.78, 5) is 0. The fraction of sp³-hybridized carbons (Fsp3) is 0.0526. The van der Waals surface area contributed by atoms with Crippen molar-refractivity contribution < 1.29 is 4.42 Å². The Labute approximate surface area is 337 Å². The molecule has 0 atom stereocenters. The van der Waals surface area contributed by atoms with Gasteiger partial charge < -0.3 is 4.42 Å². The molecule has 1 nitrogen and oxygen atoms in total. The first kappa shape index (κ1) is 33.0. The Hall–Kier alpha value is -7.22. The third-order valence-electron chi connectivity index (χ3n) is 12.9. The first-order valence-corrected chi connectivity index (χ1v) is 20.3. The van der Waals surface area contributed by atoms with Gasteiger partial charge in [0.05, 0.1) is 0 Å². The van der Waals surface area contributed by atoms with Gasteiger partial charge in [-0.2, -0.15) is 0 Å². The van der Waals surface area contributed by atoms with E-state index in [1.54, 1.807) is 0 Å². The summed E-state index contributed by atoms with van der Waals surface area (Å²) < 4.78 is 6.61. The standard InChI is InChI=1S/C57H38O/c1-57(2)50-30-15-27-39(55(50)49-33-35-16-3-4-17-36(35)34-51(49)57)37-18-13-19-38(32-37)53-43-23-7-9-25-45(43)54(46-26-10-8-24-44(46)53)42-22-6-5-20-40(42)47-28-14-29-48-41-21-11-12-31-52(41)58-56(47)48/h3-34H,1-2H3. The van der Waals surface area contributed by atoms with Crippen LogP contribution >= 0.6 is 0 Å². The topological polar surface area (TPSA) is 13.1 Å². The average Bonchev–Trinajstić information content (AvgIpc) is 3.76. The highest BCUT2D eigenvalue weighted by Gasteiger charge is 2.37. The van der Waals surface area contributed by atoms with E-state index in [2.05, 4.69) is 202 Å². The first-order valence-electron chi connectivity index (χ1n) is 20.3. The molecule has 1 aromatic heterocycles. The molecule has 1 aliphatic rings. The lowest BCUT2D eigenvalue weighted by molar-refractivity contribution is 0.661. The van der Waals surface area contributed by atoms with Gasteiger partial charge in [-0.05, 0) is 118 Å². The summed E-state index contributed by atoms with van der Waals surface area (Å²) in [7, 11) is 0. The average molecular weight is 739 g/mol. The molecular weight excluding hydrogens is 701 g/mol. The molecule has 0 bridgehead atoms. The van der Waals surface area contributed by atoms with Crippen molar-refractivity contribution in [1.29, 1.82) is 0 Å². The van der Waals surface area contributed by atoms with E-state index in [9.17, 15) is 0 Å². The zero-order valence-electron chi connectivity index (χ0n) is 32.4. The molecule has 0 unspecified atom stereocenters. The highest BCUT2D eigenvalue weighted by molar-refractivity contribution is 6.23. The Morgan fingerprint density at radius 3 is 1.62 bits per heavy atom. The van der Waals surface area contributed by atoms with Crippen LogP contribution < -0.4 is 0 Å². The molecule has 1 heteroatoms. The number of rotatable bonds is 4. The molecule has 1 heterocycles. The SMILES string of the molecule is CC1(C)c2cc3ccccc3cc2-c2c(-c3cccc(-c4c5ccccc5c(-c5ccccc5-c5cccc6c5oc5ccccc56)c5ccccc45)c3)cccc21. The molecule has 10 aromatic carbocycles. The second-order valence-corrected chi connectivity index (χ2v) is 16.3. The molecule has 0 saturated heterocycles. The zero-order valence-corrected chi connectivity index (χ0v) is 32.4. The van der Waals surface area contributed by atoms with Crippen LogP contribution in [-0.2, 0) is 5.41 Å². The molecule has 0 N–H and O–H groups in total. The predicted octanol–water partition coefficient (Wildman–Crippen LogP) is 16.0. The number of para-hydroxylation sites is 2. The van der Waals surface area contributed by atoms with Crippen LogP contribution in [0, 0.1) is 0 Å². The van der Waals surface area contributed by atoms with Gasteiger partial charge in [0.15, 0.2) is 0 Å². The minimum absolute atomic E-state index is 0.100. The van der Waals surface area contributed by atoms with Crippen LogP contribution in [0.1, 0.15) is 25.0 Å².